The number of hydrogen-bond donors (Lipinski definition) is 5. The van der Waals surface area contributed by atoms with Gasteiger partial charge < -0.3 is 27.0 Å². The number of fused-ring (bicyclic) bond motifs is 2. The number of nitrogen functional groups attached to an aromatic ring is 2. The van der Waals surface area contributed by atoms with E-state index in [9.17, 15) is 19.5 Å². The van der Waals surface area contributed by atoms with Gasteiger partial charge in [-0.15, -0.1) is 0 Å². The number of carbonyl (C=O) groups excluding carboxylic acids is 1. The summed E-state index contributed by atoms with van der Waals surface area (Å²) in [5.41, 5.74) is 16.1. The molecule has 4 rings (SSSR count). The van der Waals surface area contributed by atoms with Crippen LogP contribution in [0.5, 0.6) is 0 Å². The first-order valence-corrected chi connectivity index (χ1v) is 11.2. The summed E-state index contributed by atoms with van der Waals surface area (Å²) in [6.45, 7) is 0. The van der Waals surface area contributed by atoms with Crippen molar-refractivity contribution in [1.29, 1.82) is 0 Å². The predicted octanol–water partition coefficient (Wildman–Crippen LogP) is 2.31. The molecule has 1 aromatic heterocycles. The van der Waals surface area contributed by atoms with Crippen LogP contribution in [-0.4, -0.2) is 44.1 Å². The van der Waals surface area contributed by atoms with Crippen LogP contribution >= 0.6 is 0 Å². The third kappa shape index (κ3) is 4.85. The number of aliphatic carboxylic acids is 2. The summed E-state index contributed by atoms with van der Waals surface area (Å²) >= 11 is 0. The third-order valence-corrected chi connectivity index (χ3v) is 6.54. The lowest BCUT2D eigenvalue weighted by Crippen LogP contribution is -2.41. The summed E-state index contributed by atoms with van der Waals surface area (Å²) in [4.78, 5) is 43.1. The van der Waals surface area contributed by atoms with Gasteiger partial charge in [0.1, 0.15) is 11.9 Å². The SMILES string of the molecule is Nc1nc(N)c2c(n1)CCC2CCC1C=Cc2cc(C(=O)N[C@@H](CCC(=O)O)C(=O)O)ccc21. The molecule has 2 aliphatic rings. The third-order valence-electron chi connectivity index (χ3n) is 6.54. The number of rotatable bonds is 9. The van der Waals surface area contributed by atoms with Crippen LogP contribution in [-0.2, 0) is 16.0 Å². The van der Waals surface area contributed by atoms with E-state index in [-0.39, 0.29) is 30.6 Å². The molecule has 2 unspecified atom stereocenters. The normalized spacial score (nSPS) is 18.8. The Morgan fingerprint density at radius 2 is 1.94 bits per heavy atom. The minimum Gasteiger partial charge on any atom is -0.481 e. The summed E-state index contributed by atoms with van der Waals surface area (Å²) in [5.74, 6) is -1.76. The maximum atomic E-state index is 12.6. The summed E-state index contributed by atoms with van der Waals surface area (Å²) in [6.07, 6.45) is 7.18. The standard InChI is InChI=1S/C24H27N5O5/c25-21-20-13(6-8-17(20)28-24(26)29-21)3-1-12-2-4-14-11-15(5-7-16(12)14)22(32)27-18(23(33)34)9-10-19(30)31/h2,4-5,7,11-13,18H,1,3,6,8-10H2,(H,27,32)(H,30,31)(H,33,34)(H4,25,26,28,29)/t12?,13?,18-/m0/s1. The van der Waals surface area contributed by atoms with E-state index < -0.39 is 23.9 Å². The van der Waals surface area contributed by atoms with Crippen LogP contribution in [0.1, 0.15) is 76.7 Å². The maximum Gasteiger partial charge on any atom is 0.326 e. The van der Waals surface area contributed by atoms with Crippen LogP contribution in [0, 0.1) is 0 Å². The Hall–Kier alpha value is -3.95. The van der Waals surface area contributed by atoms with Gasteiger partial charge in [0.2, 0.25) is 5.95 Å². The Morgan fingerprint density at radius 1 is 1.15 bits per heavy atom. The number of nitrogens with zero attached hydrogens (tertiary/aromatic N) is 2. The number of carboxylic acids is 2. The Labute approximate surface area is 196 Å². The van der Waals surface area contributed by atoms with Crippen molar-refractivity contribution in [3.63, 3.8) is 0 Å². The van der Waals surface area contributed by atoms with Gasteiger partial charge in [-0.3, -0.25) is 9.59 Å². The minimum atomic E-state index is -1.27. The van der Waals surface area contributed by atoms with E-state index in [0.29, 0.717) is 11.4 Å². The van der Waals surface area contributed by atoms with Crippen LogP contribution in [0.2, 0.25) is 0 Å². The molecule has 0 aliphatic heterocycles. The second kappa shape index (κ2) is 9.50. The molecule has 178 valence electrons. The van der Waals surface area contributed by atoms with E-state index in [1.165, 1.54) is 0 Å². The maximum absolute atomic E-state index is 12.6. The van der Waals surface area contributed by atoms with Crippen LogP contribution < -0.4 is 16.8 Å². The fourth-order valence-electron chi connectivity index (χ4n) is 4.86. The minimum absolute atomic E-state index is 0.185. The van der Waals surface area contributed by atoms with Gasteiger partial charge in [-0.2, -0.15) is 4.98 Å². The van der Waals surface area contributed by atoms with Gasteiger partial charge in [0.05, 0.1) is 5.69 Å². The number of carboxylic acid groups (broad SMARTS) is 2. The van der Waals surface area contributed by atoms with E-state index in [1.54, 1.807) is 12.1 Å². The van der Waals surface area contributed by atoms with Crippen molar-refractivity contribution in [3.05, 3.63) is 52.2 Å². The zero-order valence-electron chi connectivity index (χ0n) is 18.5. The fraction of sp³-hybridized carbons (Fsp3) is 0.375. The molecule has 1 amide bonds. The van der Waals surface area contributed by atoms with E-state index >= 15 is 0 Å². The Kier molecular flexibility index (Phi) is 6.49. The first-order chi connectivity index (χ1) is 16.2. The first kappa shape index (κ1) is 23.2. The molecule has 34 heavy (non-hydrogen) atoms. The largest absolute Gasteiger partial charge is 0.481 e. The van der Waals surface area contributed by atoms with E-state index in [0.717, 1.165) is 48.1 Å². The summed E-state index contributed by atoms with van der Waals surface area (Å²) in [7, 11) is 0. The highest BCUT2D eigenvalue weighted by atomic mass is 16.4. The fourth-order valence-corrected chi connectivity index (χ4v) is 4.86. The molecule has 0 fully saturated rings. The molecule has 10 heteroatoms. The molecular formula is C24H27N5O5. The monoisotopic (exact) mass is 465 g/mol. The smallest absolute Gasteiger partial charge is 0.326 e. The van der Waals surface area contributed by atoms with Crippen LogP contribution in [0.15, 0.2) is 24.3 Å². The number of allylic oxidation sites excluding steroid dienone is 1. The number of aromatic nitrogens is 2. The van der Waals surface area contributed by atoms with Crippen molar-refractivity contribution >= 4 is 35.7 Å². The average Bonchev–Trinajstić information content (AvgIpc) is 3.38. The quantitative estimate of drug-likeness (QED) is 0.371. The first-order valence-electron chi connectivity index (χ1n) is 11.2. The van der Waals surface area contributed by atoms with Gasteiger partial charge in [-0.1, -0.05) is 18.2 Å². The van der Waals surface area contributed by atoms with Crippen molar-refractivity contribution in [2.45, 2.75) is 56.4 Å². The molecule has 3 atom stereocenters. The van der Waals surface area contributed by atoms with E-state index in [2.05, 4.69) is 21.4 Å². The molecule has 0 radical (unpaired) electrons. The highest BCUT2D eigenvalue weighted by Crippen LogP contribution is 2.42. The lowest BCUT2D eigenvalue weighted by molar-refractivity contribution is -0.140. The van der Waals surface area contributed by atoms with Crippen molar-refractivity contribution < 1.29 is 24.6 Å². The van der Waals surface area contributed by atoms with Gasteiger partial charge in [0.25, 0.3) is 5.91 Å². The van der Waals surface area contributed by atoms with Gasteiger partial charge >= 0.3 is 11.9 Å². The molecule has 2 aliphatic carbocycles. The molecule has 0 spiro atoms. The summed E-state index contributed by atoms with van der Waals surface area (Å²) in [6, 6.07) is 4.03. The number of nitrogens with two attached hydrogens (primary N) is 2. The number of hydrogen-bond acceptors (Lipinski definition) is 7. The Balaban J connectivity index is 1.40. The lowest BCUT2D eigenvalue weighted by atomic mass is 9.89. The topological polar surface area (TPSA) is 182 Å². The molecule has 0 bridgehead atoms. The highest BCUT2D eigenvalue weighted by Gasteiger charge is 2.29. The van der Waals surface area contributed by atoms with Gasteiger partial charge in [0.15, 0.2) is 0 Å². The van der Waals surface area contributed by atoms with Crippen molar-refractivity contribution in [3.8, 4) is 0 Å². The van der Waals surface area contributed by atoms with Gasteiger partial charge in [-0.05, 0) is 61.3 Å². The zero-order chi connectivity index (χ0) is 24.4. The molecule has 0 saturated heterocycles. The number of carbonyl (C=O) groups is 3. The van der Waals surface area contributed by atoms with Crippen molar-refractivity contribution in [1.82, 2.24) is 15.3 Å². The zero-order valence-corrected chi connectivity index (χ0v) is 18.5. The van der Waals surface area contributed by atoms with Gasteiger partial charge in [0, 0.05) is 23.5 Å². The second-order valence-electron chi connectivity index (χ2n) is 8.75. The molecule has 7 N–H and O–H groups in total. The van der Waals surface area contributed by atoms with E-state index in [1.807, 2.05) is 12.1 Å². The van der Waals surface area contributed by atoms with Crippen molar-refractivity contribution in [2.24, 2.45) is 0 Å². The highest BCUT2D eigenvalue weighted by molar-refractivity contribution is 5.97. The molecule has 1 aromatic carbocycles. The molecule has 10 nitrogen and oxygen atoms in total. The average molecular weight is 466 g/mol. The van der Waals surface area contributed by atoms with Crippen LogP contribution in [0.4, 0.5) is 11.8 Å². The van der Waals surface area contributed by atoms with Crippen LogP contribution in [0.3, 0.4) is 0 Å². The van der Waals surface area contributed by atoms with Crippen molar-refractivity contribution in [2.75, 3.05) is 11.5 Å². The van der Waals surface area contributed by atoms with E-state index in [4.69, 9.17) is 16.6 Å². The molecule has 2 aromatic rings. The number of anilines is 2. The molecule has 1 heterocycles. The summed E-state index contributed by atoms with van der Waals surface area (Å²) < 4.78 is 0. The molecular weight excluding hydrogens is 438 g/mol. The lowest BCUT2D eigenvalue weighted by Gasteiger charge is -2.17. The Bertz CT molecular complexity index is 1180. The Morgan fingerprint density at radius 3 is 2.68 bits per heavy atom. The predicted molar refractivity (Wildman–Crippen MR) is 125 cm³/mol. The number of nitrogens with one attached hydrogen (secondary N) is 1. The molecule has 0 saturated carbocycles. The number of amides is 1. The van der Waals surface area contributed by atoms with Crippen LogP contribution in [0.25, 0.3) is 6.08 Å². The summed E-state index contributed by atoms with van der Waals surface area (Å²) in [5, 5.41) is 20.5. The number of aryl methyl sites for hydroxylation is 1. The van der Waals surface area contributed by atoms with Gasteiger partial charge in [-0.25, -0.2) is 9.78 Å². The second-order valence-corrected chi connectivity index (χ2v) is 8.75. The number of benzene rings is 1.